The van der Waals surface area contributed by atoms with Crippen molar-refractivity contribution in [3.8, 4) is 0 Å². The van der Waals surface area contributed by atoms with Crippen LogP contribution in [-0.2, 0) is 10.3 Å². The van der Waals surface area contributed by atoms with Gasteiger partial charge in [-0.3, -0.25) is 0 Å². The first-order chi connectivity index (χ1) is 14.2. The summed E-state index contributed by atoms with van der Waals surface area (Å²) in [6.45, 7) is 1.57. The molecule has 2 fully saturated rings. The lowest BCUT2D eigenvalue weighted by Crippen LogP contribution is -2.62. The molecule has 2 atom stereocenters. The predicted molar refractivity (Wildman–Crippen MR) is 103 cm³/mol. The third-order valence-electron chi connectivity index (χ3n) is 7.35. The van der Waals surface area contributed by atoms with Gasteiger partial charge in [0.15, 0.2) is 0 Å². The van der Waals surface area contributed by atoms with Gasteiger partial charge in [-0.05, 0) is 42.2 Å². The molecular weight excluding hydrogens is 400 g/mol. The number of urea groups is 1. The van der Waals surface area contributed by atoms with Crippen molar-refractivity contribution in [2.24, 2.45) is 11.3 Å². The largest absolute Gasteiger partial charge is 0.493 e. The number of hydrogen-bond donors (Lipinski definition) is 3. The third-order valence-corrected chi connectivity index (χ3v) is 7.35. The number of piperidine rings is 1. The topological polar surface area (TPSA) is 90.5 Å². The molecule has 1 saturated heterocycles. The van der Waals surface area contributed by atoms with Crippen molar-refractivity contribution < 1.29 is 27.6 Å². The summed E-state index contributed by atoms with van der Waals surface area (Å²) in [7, 11) is -1.03. The summed E-state index contributed by atoms with van der Waals surface area (Å²) >= 11 is 0. The van der Waals surface area contributed by atoms with Crippen LogP contribution in [0.5, 0.6) is 0 Å². The number of fused-ring (bicyclic) bond motifs is 4. The van der Waals surface area contributed by atoms with E-state index in [4.69, 9.17) is 4.65 Å². The van der Waals surface area contributed by atoms with Crippen LogP contribution in [-0.4, -0.2) is 58.9 Å². The van der Waals surface area contributed by atoms with Gasteiger partial charge in [0.05, 0.1) is 5.60 Å². The van der Waals surface area contributed by atoms with Crippen molar-refractivity contribution in [1.29, 1.82) is 0 Å². The van der Waals surface area contributed by atoms with Gasteiger partial charge in [-0.1, -0.05) is 6.92 Å². The highest BCUT2D eigenvalue weighted by molar-refractivity contribution is 6.62. The van der Waals surface area contributed by atoms with E-state index >= 15 is 0 Å². The zero-order chi connectivity index (χ0) is 21.3. The molecule has 3 aliphatic rings. The smallest absolute Gasteiger partial charge is 0.423 e. The zero-order valence-electron chi connectivity index (χ0n) is 16.4. The van der Waals surface area contributed by atoms with Crippen molar-refractivity contribution in [3.05, 3.63) is 24.0 Å². The second-order valence-corrected chi connectivity index (χ2v) is 8.71. The summed E-state index contributed by atoms with van der Waals surface area (Å²) in [4.78, 5) is 21.0. The van der Waals surface area contributed by atoms with Crippen molar-refractivity contribution >= 4 is 29.6 Å². The number of nitrogens with one attached hydrogen (secondary N) is 2. The lowest BCUT2D eigenvalue weighted by atomic mass is 9.46. The van der Waals surface area contributed by atoms with Crippen molar-refractivity contribution in [1.82, 2.24) is 20.2 Å². The summed E-state index contributed by atoms with van der Waals surface area (Å²) in [5.41, 5.74) is 1.72. The highest BCUT2D eigenvalue weighted by Crippen LogP contribution is 2.66. The molecule has 7 nitrogen and oxygen atoms in total. The molecule has 0 aromatic carbocycles. The molecule has 2 amide bonds. The molecule has 2 spiro atoms. The second-order valence-electron chi connectivity index (χ2n) is 8.71. The first-order valence-corrected chi connectivity index (χ1v) is 10.1. The first-order valence-electron chi connectivity index (χ1n) is 10.1. The molecule has 2 unspecified atom stereocenters. The Morgan fingerprint density at radius 2 is 2.20 bits per heavy atom. The Kier molecular flexibility index (Phi) is 4.18. The fourth-order valence-electron chi connectivity index (χ4n) is 5.70. The summed E-state index contributed by atoms with van der Waals surface area (Å²) in [6, 6.07) is 1.26. The quantitative estimate of drug-likeness (QED) is 0.613. The number of hydrogen-bond acceptors (Lipinski definition) is 4. The van der Waals surface area contributed by atoms with Gasteiger partial charge < -0.3 is 24.9 Å². The fraction of sp³-hybridized carbons (Fsp3) is 0.579. The highest BCUT2D eigenvalue weighted by Gasteiger charge is 2.67. The SMILES string of the molecule is CC1C2(CCN(C(=O)NCC(F)(F)F)CC2)CC12OB(O)c1cnc3[nH]ccc3c12. The van der Waals surface area contributed by atoms with Crippen LogP contribution in [0.3, 0.4) is 0 Å². The van der Waals surface area contributed by atoms with E-state index in [1.165, 1.54) is 4.90 Å². The lowest BCUT2D eigenvalue weighted by Gasteiger charge is -2.63. The van der Waals surface area contributed by atoms with Crippen LogP contribution >= 0.6 is 0 Å². The van der Waals surface area contributed by atoms with E-state index in [-0.39, 0.29) is 11.3 Å². The van der Waals surface area contributed by atoms with Crippen LogP contribution < -0.4 is 10.8 Å². The molecule has 2 aromatic heterocycles. The van der Waals surface area contributed by atoms with E-state index in [0.717, 1.165) is 16.6 Å². The molecule has 30 heavy (non-hydrogen) atoms. The molecule has 1 saturated carbocycles. The van der Waals surface area contributed by atoms with Gasteiger partial charge in [0.1, 0.15) is 12.2 Å². The minimum atomic E-state index is -4.42. The fourth-order valence-corrected chi connectivity index (χ4v) is 5.70. The molecule has 4 heterocycles. The number of H-pyrrole nitrogens is 1. The second kappa shape index (κ2) is 6.37. The van der Waals surface area contributed by atoms with Crippen molar-refractivity contribution in [2.45, 2.75) is 38.0 Å². The molecule has 2 aromatic rings. The van der Waals surface area contributed by atoms with Gasteiger partial charge in [0.2, 0.25) is 0 Å². The number of likely N-dealkylation sites (tertiary alicyclic amines) is 1. The van der Waals surface area contributed by atoms with E-state index in [9.17, 15) is 23.0 Å². The van der Waals surface area contributed by atoms with Crippen LogP contribution in [0.25, 0.3) is 11.0 Å². The summed E-state index contributed by atoms with van der Waals surface area (Å²) < 4.78 is 43.2. The van der Waals surface area contributed by atoms with Crippen LogP contribution in [0.1, 0.15) is 31.7 Å². The monoisotopic (exact) mass is 422 g/mol. The minimum Gasteiger partial charge on any atom is -0.423 e. The zero-order valence-corrected chi connectivity index (χ0v) is 16.4. The van der Waals surface area contributed by atoms with Crippen molar-refractivity contribution in [2.75, 3.05) is 19.6 Å². The average molecular weight is 422 g/mol. The number of rotatable bonds is 1. The van der Waals surface area contributed by atoms with Gasteiger partial charge in [0, 0.05) is 36.3 Å². The normalized spacial score (nSPS) is 27.6. The Hall–Kier alpha value is -2.27. The number of aromatic nitrogens is 2. The highest BCUT2D eigenvalue weighted by atomic mass is 19.4. The number of alkyl halides is 3. The maximum absolute atomic E-state index is 12.4. The van der Waals surface area contributed by atoms with Gasteiger partial charge in [-0.15, -0.1) is 0 Å². The number of halogens is 3. The molecule has 0 radical (unpaired) electrons. The van der Waals surface area contributed by atoms with E-state index in [2.05, 4.69) is 16.9 Å². The van der Waals surface area contributed by atoms with Gasteiger partial charge in [-0.2, -0.15) is 13.2 Å². The lowest BCUT2D eigenvalue weighted by molar-refractivity contribution is -0.194. The molecule has 3 N–H and O–H groups in total. The molecule has 160 valence electrons. The van der Waals surface area contributed by atoms with Gasteiger partial charge in [-0.25, -0.2) is 9.78 Å². The van der Waals surface area contributed by atoms with Crippen LogP contribution in [0.15, 0.2) is 18.5 Å². The number of carbonyl (C=O) groups is 1. The molecular formula is C19H22BF3N4O3. The summed E-state index contributed by atoms with van der Waals surface area (Å²) in [5.74, 6) is 0.0850. The van der Waals surface area contributed by atoms with E-state index in [0.29, 0.717) is 37.8 Å². The molecule has 2 aliphatic heterocycles. The molecule has 5 rings (SSSR count). The number of nitrogens with zero attached hydrogens (tertiary/aromatic N) is 2. The van der Waals surface area contributed by atoms with Crippen molar-refractivity contribution in [3.63, 3.8) is 0 Å². The molecule has 1 aliphatic carbocycles. The van der Waals surface area contributed by atoms with E-state index < -0.39 is 31.5 Å². The Morgan fingerprint density at radius 1 is 1.47 bits per heavy atom. The minimum absolute atomic E-state index is 0.0754. The standard InChI is InChI=1S/C19H22BF3N4O3/c1-11-17(3-6-27(7-4-17)16(28)26-10-19(21,22)23)9-18(11)14-12-2-5-24-15(12)25-8-13(14)20(29)30-18/h2,5,8,11,29H,3-4,6-7,9-10H2,1H3,(H,24,25)(H,26,28). The Balaban J connectivity index is 1.33. The Bertz CT molecular complexity index is 1000. The summed E-state index contributed by atoms with van der Waals surface area (Å²) in [6.07, 6.45) is 1.12. The Labute approximate surface area is 171 Å². The van der Waals surface area contributed by atoms with Crippen LogP contribution in [0.2, 0.25) is 0 Å². The Morgan fingerprint density at radius 3 is 2.87 bits per heavy atom. The number of pyridine rings is 1. The predicted octanol–water partition coefficient (Wildman–Crippen LogP) is 1.87. The van der Waals surface area contributed by atoms with Crippen LogP contribution in [0, 0.1) is 11.3 Å². The van der Waals surface area contributed by atoms with Gasteiger partial charge >= 0.3 is 19.3 Å². The number of amides is 2. The summed E-state index contributed by atoms with van der Waals surface area (Å²) in [5, 5.41) is 13.4. The van der Waals surface area contributed by atoms with E-state index in [1.54, 1.807) is 6.20 Å². The van der Waals surface area contributed by atoms with E-state index in [1.807, 2.05) is 17.6 Å². The molecule has 11 heteroatoms. The number of carbonyl (C=O) groups excluding carboxylic acids is 1. The average Bonchev–Trinajstić information content (AvgIpc) is 3.29. The maximum atomic E-state index is 12.4. The molecule has 0 bridgehead atoms. The number of aromatic amines is 1. The van der Waals surface area contributed by atoms with Gasteiger partial charge in [0.25, 0.3) is 0 Å². The van der Waals surface area contributed by atoms with Crippen LogP contribution in [0.4, 0.5) is 18.0 Å². The third kappa shape index (κ3) is 2.75. The first kappa shape index (κ1) is 19.7. The maximum Gasteiger partial charge on any atom is 0.493 e.